The molecule has 0 heterocycles. The topological polar surface area (TPSA) is 185 Å². The number of carboxylic acids is 2. The molecular formula is C42H62N2O10. The highest BCUT2D eigenvalue weighted by atomic mass is 16.6. The first-order chi connectivity index (χ1) is 26.0. The zero-order chi connectivity index (χ0) is 39.3. The van der Waals surface area contributed by atoms with Crippen LogP contribution < -0.4 is 10.6 Å². The molecular weight excluding hydrogens is 692 g/mol. The van der Waals surface area contributed by atoms with Crippen molar-refractivity contribution in [2.75, 3.05) is 13.2 Å². The quantitative estimate of drug-likeness (QED) is 0.0658. The molecule has 4 aliphatic carbocycles. The van der Waals surface area contributed by atoms with E-state index < -0.39 is 36.2 Å². The summed E-state index contributed by atoms with van der Waals surface area (Å²) in [6, 6.07) is -2.45. The highest BCUT2D eigenvalue weighted by Crippen LogP contribution is 2.53. The predicted molar refractivity (Wildman–Crippen MR) is 202 cm³/mol. The van der Waals surface area contributed by atoms with Crippen LogP contribution in [0.4, 0.5) is 9.59 Å². The van der Waals surface area contributed by atoms with E-state index in [1.165, 1.54) is 0 Å². The Bertz CT molecular complexity index is 1250. The van der Waals surface area contributed by atoms with Crippen molar-refractivity contribution in [3.63, 3.8) is 0 Å². The van der Waals surface area contributed by atoms with Gasteiger partial charge in [0.2, 0.25) is 0 Å². The average Bonchev–Trinajstić information content (AvgIpc) is 3.98. The maximum Gasteiger partial charge on any atom is 0.407 e. The molecule has 0 saturated heterocycles. The molecule has 2 saturated carbocycles. The summed E-state index contributed by atoms with van der Waals surface area (Å²) in [5, 5.41) is 23.2. The van der Waals surface area contributed by atoms with Gasteiger partial charge in [0.1, 0.15) is 23.7 Å². The number of hydrogen-bond donors (Lipinski definition) is 4. The molecule has 0 aromatic rings. The number of carbonyl (C=O) groups is 6. The van der Waals surface area contributed by atoms with Crippen molar-refractivity contribution in [3.8, 4) is 23.7 Å². The molecule has 6 atom stereocenters. The minimum absolute atomic E-state index is 0.139. The lowest BCUT2D eigenvalue weighted by atomic mass is 10.0. The summed E-state index contributed by atoms with van der Waals surface area (Å²) in [4.78, 5) is 70.5. The Balaban J connectivity index is 0.000000290. The van der Waals surface area contributed by atoms with E-state index in [9.17, 15) is 39.0 Å². The Kier molecular flexibility index (Phi) is 20.0. The lowest BCUT2D eigenvalue weighted by molar-refractivity contribution is -0.141. The zero-order valence-corrected chi connectivity index (χ0v) is 32.3. The minimum atomic E-state index is -1.22. The van der Waals surface area contributed by atoms with Crippen molar-refractivity contribution in [1.29, 1.82) is 0 Å². The first-order valence-corrected chi connectivity index (χ1v) is 20.3. The average molecular weight is 755 g/mol. The van der Waals surface area contributed by atoms with Gasteiger partial charge in [-0.05, 0) is 74.0 Å². The summed E-state index contributed by atoms with van der Waals surface area (Å²) in [5.41, 5.74) is 0. The molecule has 2 fully saturated rings. The Hall–Kier alpha value is -4.06. The number of rotatable bonds is 22. The molecule has 4 unspecified atom stereocenters. The first-order valence-electron chi connectivity index (χ1n) is 20.3. The van der Waals surface area contributed by atoms with Gasteiger partial charge in [0.25, 0.3) is 0 Å². The van der Waals surface area contributed by atoms with Gasteiger partial charge in [-0.3, -0.25) is 9.59 Å². The summed E-state index contributed by atoms with van der Waals surface area (Å²) in [6.45, 7) is 4.79. The van der Waals surface area contributed by atoms with E-state index in [2.05, 4.69) is 48.2 Å². The van der Waals surface area contributed by atoms with Crippen molar-refractivity contribution >= 4 is 35.7 Å². The van der Waals surface area contributed by atoms with Crippen LogP contribution >= 0.6 is 0 Å². The first kappa shape index (κ1) is 44.3. The van der Waals surface area contributed by atoms with Gasteiger partial charge >= 0.3 is 24.1 Å². The molecule has 0 aromatic carbocycles. The van der Waals surface area contributed by atoms with Gasteiger partial charge < -0.3 is 30.3 Å². The van der Waals surface area contributed by atoms with Crippen LogP contribution in [0.25, 0.3) is 0 Å². The van der Waals surface area contributed by atoms with E-state index in [4.69, 9.17) is 9.47 Å². The van der Waals surface area contributed by atoms with Crippen molar-refractivity contribution in [2.24, 2.45) is 35.5 Å². The lowest BCUT2D eigenvalue weighted by Crippen LogP contribution is -2.42. The van der Waals surface area contributed by atoms with Crippen LogP contribution in [-0.2, 0) is 28.7 Å². The number of ether oxygens (including phenoxy) is 2. The van der Waals surface area contributed by atoms with Gasteiger partial charge in [-0.1, -0.05) is 52.4 Å². The van der Waals surface area contributed by atoms with Crippen LogP contribution in [0.15, 0.2) is 0 Å². The Morgan fingerprint density at radius 1 is 0.556 bits per heavy atom. The number of carboxylic acid groups (broad SMARTS) is 2. The van der Waals surface area contributed by atoms with E-state index in [0.29, 0.717) is 61.6 Å². The third-order valence-electron chi connectivity index (χ3n) is 11.2. The Labute approximate surface area is 321 Å². The lowest BCUT2D eigenvalue weighted by Gasteiger charge is -2.14. The third kappa shape index (κ3) is 16.5. The summed E-state index contributed by atoms with van der Waals surface area (Å²) in [7, 11) is 0. The number of amides is 2. The molecule has 4 N–H and O–H groups in total. The highest BCUT2D eigenvalue weighted by molar-refractivity contribution is 5.88. The number of aliphatic carboxylic acids is 2. The molecule has 0 aliphatic heterocycles. The molecule has 54 heavy (non-hydrogen) atoms. The van der Waals surface area contributed by atoms with E-state index >= 15 is 0 Å². The highest BCUT2D eigenvalue weighted by Gasteiger charge is 2.50. The fourth-order valence-corrected chi connectivity index (χ4v) is 7.83. The SMILES string of the molecule is CCCCCCC(=O)C[C@H](NC(=O)OCC1C2CCC#CCCC21)C(=O)O.CCCCCCC(=O)C[C@H](NC(=O)OCC1C2CCC#CCCC21)C(=O)O. The fraction of sp³-hybridized carbons (Fsp3) is 0.762. The van der Waals surface area contributed by atoms with Crippen LogP contribution in [0, 0.1) is 59.2 Å². The van der Waals surface area contributed by atoms with Gasteiger partial charge in [-0.15, -0.1) is 23.7 Å². The number of ketones is 2. The van der Waals surface area contributed by atoms with Gasteiger partial charge in [-0.25, -0.2) is 19.2 Å². The number of hydrogen-bond acceptors (Lipinski definition) is 8. The molecule has 2 amide bonds. The van der Waals surface area contributed by atoms with Crippen LogP contribution in [0.5, 0.6) is 0 Å². The van der Waals surface area contributed by atoms with Crippen LogP contribution in [-0.4, -0.2) is 71.2 Å². The molecule has 0 aromatic heterocycles. The largest absolute Gasteiger partial charge is 0.480 e. The maximum atomic E-state index is 12.0. The molecule has 12 nitrogen and oxygen atoms in total. The third-order valence-corrected chi connectivity index (χ3v) is 11.2. The second-order valence-corrected chi connectivity index (χ2v) is 15.2. The van der Waals surface area contributed by atoms with Gasteiger partial charge in [0.05, 0.1) is 13.2 Å². The van der Waals surface area contributed by atoms with E-state index in [0.717, 1.165) is 103 Å². The van der Waals surface area contributed by atoms with Crippen molar-refractivity contribution in [3.05, 3.63) is 0 Å². The molecule has 0 radical (unpaired) electrons. The molecule has 300 valence electrons. The van der Waals surface area contributed by atoms with Crippen LogP contribution in [0.2, 0.25) is 0 Å². The molecule has 4 aliphatic rings. The number of fused-ring (bicyclic) bond motifs is 2. The summed E-state index contributed by atoms with van der Waals surface area (Å²) < 4.78 is 10.5. The smallest absolute Gasteiger partial charge is 0.407 e. The van der Waals surface area contributed by atoms with Gasteiger partial charge in [0.15, 0.2) is 0 Å². The Morgan fingerprint density at radius 2 is 0.889 bits per heavy atom. The van der Waals surface area contributed by atoms with Crippen LogP contribution in [0.3, 0.4) is 0 Å². The fourth-order valence-electron chi connectivity index (χ4n) is 7.83. The maximum absolute atomic E-state index is 12.0. The summed E-state index contributed by atoms with van der Waals surface area (Å²) >= 11 is 0. The number of unbranched alkanes of at least 4 members (excludes halogenated alkanes) is 6. The van der Waals surface area contributed by atoms with E-state index in [1.807, 2.05) is 0 Å². The normalized spacial score (nSPS) is 24.3. The standard InChI is InChI=1S/2C21H31NO5/c2*1-2-3-4-7-10-15(23)13-19(20(24)25)22-21(26)27-14-18-16-11-8-5-6-9-12-17(16)18/h2*16-19H,2-4,7-14H2,1H3,(H,22,26)(H,24,25)/t2*16?,17?,18?,19-/m00/s1. The number of alkyl carbamates (subject to hydrolysis) is 2. The zero-order valence-electron chi connectivity index (χ0n) is 32.3. The van der Waals surface area contributed by atoms with Gasteiger partial charge in [0, 0.05) is 51.4 Å². The van der Waals surface area contributed by atoms with E-state index in [1.54, 1.807) is 0 Å². The summed E-state index contributed by atoms with van der Waals surface area (Å²) in [5.74, 6) is 12.8. The van der Waals surface area contributed by atoms with Crippen molar-refractivity contribution in [1.82, 2.24) is 10.6 Å². The van der Waals surface area contributed by atoms with E-state index in [-0.39, 0.29) is 24.4 Å². The van der Waals surface area contributed by atoms with Crippen LogP contribution in [0.1, 0.15) is 142 Å². The van der Waals surface area contributed by atoms with Crippen molar-refractivity contribution in [2.45, 2.75) is 154 Å². The minimum Gasteiger partial charge on any atom is -0.480 e. The number of carbonyl (C=O) groups excluding carboxylic acids is 4. The number of nitrogens with one attached hydrogen (secondary N) is 2. The Morgan fingerprint density at radius 3 is 1.19 bits per heavy atom. The molecule has 0 spiro atoms. The molecule has 4 rings (SSSR count). The molecule has 12 heteroatoms. The summed E-state index contributed by atoms with van der Waals surface area (Å²) in [6.07, 6.45) is 14.3. The van der Waals surface area contributed by atoms with Gasteiger partial charge in [-0.2, -0.15) is 0 Å². The monoisotopic (exact) mass is 754 g/mol. The predicted octanol–water partition coefficient (Wildman–Crippen LogP) is 7.07. The molecule has 0 bridgehead atoms. The second-order valence-electron chi connectivity index (χ2n) is 15.2. The van der Waals surface area contributed by atoms with Crippen molar-refractivity contribution < 1.29 is 48.5 Å². The number of Topliss-reactive ketones (excluding diaryl/α,β-unsaturated/α-hetero) is 2. The second kappa shape index (κ2) is 24.4.